The van der Waals surface area contributed by atoms with E-state index in [1.165, 1.54) is 12.4 Å². The quantitative estimate of drug-likeness (QED) is 0.247. The first-order valence-electron chi connectivity index (χ1n) is 7.97. The largest absolute Gasteiger partial charge is 0.481 e. The molecule has 2 aliphatic carbocycles. The van der Waals surface area contributed by atoms with Crippen molar-refractivity contribution in [3.8, 4) is 0 Å². The van der Waals surface area contributed by atoms with Gasteiger partial charge in [0, 0.05) is 0 Å². The first-order valence-corrected chi connectivity index (χ1v) is 10.2. The molecule has 0 radical (unpaired) electrons. The van der Waals surface area contributed by atoms with Gasteiger partial charge in [-0.3, -0.25) is 9.59 Å². The fourth-order valence-electron chi connectivity index (χ4n) is 3.96. The van der Waals surface area contributed by atoms with Crippen molar-refractivity contribution in [1.82, 2.24) is 9.97 Å². The Morgan fingerprint density at radius 1 is 1.10 bits per heavy atom. The van der Waals surface area contributed by atoms with Crippen molar-refractivity contribution in [3.63, 3.8) is 0 Å². The molecule has 0 saturated heterocycles. The highest BCUT2D eigenvalue weighted by atomic mass is 35.5. The van der Waals surface area contributed by atoms with E-state index in [1.54, 1.807) is 12.1 Å². The molecular weight excluding hydrogens is 509 g/mol. The number of anilines is 1. The molecule has 154 valence electrons. The number of rotatable bonds is 3. The summed E-state index contributed by atoms with van der Waals surface area (Å²) in [5.74, 6) is 0.340. The van der Waals surface area contributed by atoms with E-state index in [9.17, 15) is 14.7 Å². The summed E-state index contributed by atoms with van der Waals surface area (Å²) in [6.45, 7) is 0. The van der Waals surface area contributed by atoms with Crippen LogP contribution >= 0.6 is 69.6 Å². The number of nitrogens with two attached hydrogens (primary N) is 1. The third-order valence-corrected chi connectivity index (χ3v) is 9.65. The average molecular weight is 519 g/mol. The molecule has 2 unspecified atom stereocenters. The van der Waals surface area contributed by atoms with E-state index in [4.69, 9.17) is 75.4 Å². The number of nitrogens with zero attached hydrogens (tertiary/aromatic N) is 2. The first-order chi connectivity index (χ1) is 13.4. The number of alkyl halides is 4. The van der Waals surface area contributed by atoms with Crippen molar-refractivity contribution in [2.24, 2.45) is 17.7 Å². The molecule has 1 fully saturated rings. The number of benzene rings is 1. The molecular formula is C16H10Cl6N4O3. The second-order valence-corrected chi connectivity index (χ2v) is 10.0. The molecule has 1 aromatic carbocycles. The van der Waals surface area contributed by atoms with Crippen molar-refractivity contribution < 1.29 is 14.7 Å². The molecule has 13 heteroatoms. The first kappa shape index (κ1) is 21.3. The molecule has 1 heterocycles. The topological polar surface area (TPSA) is 112 Å². The number of halogens is 6. The highest BCUT2D eigenvalue weighted by Crippen LogP contribution is 2.76. The van der Waals surface area contributed by atoms with Gasteiger partial charge in [0.1, 0.15) is 9.75 Å². The van der Waals surface area contributed by atoms with Crippen LogP contribution in [0.1, 0.15) is 0 Å². The fourth-order valence-corrected chi connectivity index (χ4v) is 6.89. The maximum atomic E-state index is 13.3. The molecule has 1 saturated carbocycles. The summed E-state index contributed by atoms with van der Waals surface area (Å²) in [6, 6.07) is 4.71. The minimum Gasteiger partial charge on any atom is -0.481 e. The number of amides is 1. The van der Waals surface area contributed by atoms with Crippen molar-refractivity contribution in [1.29, 1.82) is 0 Å². The molecule has 2 aromatic rings. The number of hydrogen-bond acceptors (Lipinski definition) is 4. The van der Waals surface area contributed by atoms with Crippen LogP contribution in [0, 0.1) is 11.8 Å². The van der Waals surface area contributed by atoms with Gasteiger partial charge in [0.05, 0.1) is 44.9 Å². The number of H-pyrrole nitrogens is 1. The van der Waals surface area contributed by atoms with Gasteiger partial charge < -0.3 is 10.1 Å². The second kappa shape index (κ2) is 6.53. The van der Waals surface area contributed by atoms with Gasteiger partial charge in [0.2, 0.25) is 5.91 Å². The van der Waals surface area contributed by atoms with Crippen LogP contribution in [-0.4, -0.2) is 41.0 Å². The fraction of sp³-hybridized carbons (Fsp3) is 0.312. The molecule has 4 atom stereocenters. The van der Waals surface area contributed by atoms with E-state index in [-0.39, 0.29) is 15.8 Å². The number of nitrogens with one attached hydrogen (secondary N) is 1. The Bertz CT molecular complexity index is 1100. The smallest absolute Gasteiger partial charge is 0.309 e. The van der Waals surface area contributed by atoms with Gasteiger partial charge in [0.15, 0.2) is 4.33 Å². The normalized spacial score (nSPS) is 32.8. The van der Waals surface area contributed by atoms with E-state index < -0.39 is 37.8 Å². The van der Waals surface area contributed by atoms with Gasteiger partial charge >= 0.3 is 5.97 Å². The highest BCUT2D eigenvalue weighted by Gasteiger charge is 2.85. The lowest BCUT2D eigenvalue weighted by Crippen LogP contribution is -2.53. The molecule has 29 heavy (non-hydrogen) atoms. The molecule has 4 rings (SSSR count). The Hall–Kier alpha value is -0.930. The summed E-state index contributed by atoms with van der Waals surface area (Å²) < 4.78 is -2.20. The number of hydrazine groups is 1. The molecule has 2 bridgehead atoms. The summed E-state index contributed by atoms with van der Waals surface area (Å²) in [6.07, 6.45) is 1.47. The summed E-state index contributed by atoms with van der Waals surface area (Å²) in [4.78, 5) is 28.1. The number of aliphatic carboxylic acids is 1. The van der Waals surface area contributed by atoms with Crippen molar-refractivity contribution >= 4 is 98.2 Å². The van der Waals surface area contributed by atoms with Gasteiger partial charge in [-0.15, -0.1) is 23.2 Å². The van der Waals surface area contributed by atoms with Crippen LogP contribution in [0.25, 0.3) is 11.0 Å². The zero-order valence-corrected chi connectivity index (χ0v) is 18.5. The van der Waals surface area contributed by atoms with Crippen LogP contribution < -0.4 is 10.9 Å². The molecule has 1 amide bonds. The number of fused-ring (bicyclic) bond motifs is 3. The summed E-state index contributed by atoms with van der Waals surface area (Å²) >= 11 is 38.3. The molecule has 1 aromatic heterocycles. The maximum Gasteiger partial charge on any atom is 0.309 e. The molecule has 2 aliphatic rings. The Kier molecular flexibility index (Phi) is 4.80. The average Bonchev–Trinajstić information content (AvgIpc) is 3.22. The van der Waals surface area contributed by atoms with Crippen LogP contribution in [0.4, 0.5) is 5.69 Å². The van der Waals surface area contributed by atoms with E-state index >= 15 is 0 Å². The van der Waals surface area contributed by atoms with E-state index in [0.29, 0.717) is 11.0 Å². The summed E-state index contributed by atoms with van der Waals surface area (Å²) in [7, 11) is 0. The second-order valence-electron chi connectivity index (χ2n) is 6.73. The van der Waals surface area contributed by atoms with Crippen LogP contribution in [0.2, 0.25) is 0 Å². The number of aromatic amines is 1. The standard InChI is InChI=1S/C16H10Cl6N4O3/c17-10-11(18)15(20)9(13(28)29)8(14(10,19)16(15,21)22)12(27)26(23)5-1-2-6-7(3-5)25-4-24-6/h1-4,8-9H,23H2,(H,24,25)(H,28,29)/t8-,9+,14?,15?/m1/s1. The third-order valence-electron chi connectivity index (χ3n) is 5.39. The predicted octanol–water partition coefficient (Wildman–Crippen LogP) is 3.93. The number of carboxylic acids is 1. The van der Waals surface area contributed by atoms with Gasteiger partial charge in [-0.2, -0.15) is 0 Å². The molecule has 0 spiro atoms. The third kappa shape index (κ3) is 2.41. The molecule has 7 nitrogen and oxygen atoms in total. The van der Waals surface area contributed by atoms with Gasteiger partial charge in [-0.05, 0) is 18.2 Å². The van der Waals surface area contributed by atoms with E-state index in [2.05, 4.69) is 9.97 Å². The van der Waals surface area contributed by atoms with Crippen molar-refractivity contribution in [2.45, 2.75) is 14.1 Å². The van der Waals surface area contributed by atoms with E-state index in [1.807, 2.05) is 0 Å². The van der Waals surface area contributed by atoms with Crippen molar-refractivity contribution in [2.75, 3.05) is 5.01 Å². The van der Waals surface area contributed by atoms with Crippen LogP contribution in [-0.2, 0) is 9.59 Å². The van der Waals surface area contributed by atoms with Crippen LogP contribution in [0.5, 0.6) is 0 Å². The lowest BCUT2D eigenvalue weighted by molar-refractivity contribution is -0.146. The Labute approximate surface area is 193 Å². The monoisotopic (exact) mass is 516 g/mol. The Morgan fingerprint density at radius 3 is 2.28 bits per heavy atom. The maximum absolute atomic E-state index is 13.3. The number of aromatic nitrogens is 2. The number of carboxylic acid groups (broad SMARTS) is 1. The minimum absolute atomic E-state index is 0.239. The molecule has 0 aliphatic heterocycles. The zero-order chi connectivity index (χ0) is 21.5. The Balaban J connectivity index is 1.84. The van der Waals surface area contributed by atoms with Gasteiger partial charge in [-0.25, -0.2) is 15.8 Å². The zero-order valence-electron chi connectivity index (χ0n) is 14.0. The minimum atomic E-state index is -2.20. The van der Waals surface area contributed by atoms with Gasteiger partial charge in [0.25, 0.3) is 0 Å². The summed E-state index contributed by atoms with van der Waals surface area (Å²) in [5.41, 5.74) is 1.49. The van der Waals surface area contributed by atoms with Gasteiger partial charge in [-0.1, -0.05) is 46.4 Å². The lowest BCUT2D eigenvalue weighted by atomic mass is 9.81. The number of carbonyl (C=O) groups is 2. The highest BCUT2D eigenvalue weighted by molar-refractivity contribution is 6.66. The predicted molar refractivity (Wildman–Crippen MR) is 113 cm³/mol. The van der Waals surface area contributed by atoms with Crippen LogP contribution in [0.3, 0.4) is 0 Å². The number of hydrogen-bond donors (Lipinski definition) is 3. The number of allylic oxidation sites excluding steroid dienone is 2. The summed E-state index contributed by atoms with van der Waals surface area (Å²) in [5, 5.41) is 9.95. The number of imidazole rings is 1. The SMILES string of the molecule is NN(C(=O)[C@H]1[C@@H](C(=O)O)C2(Cl)C(Cl)=C(Cl)C1(Cl)C2(Cl)Cl)c1ccc2nc[nH]c2c1. The van der Waals surface area contributed by atoms with Crippen molar-refractivity contribution in [3.05, 3.63) is 34.6 Å². The van der Waals surface area contributed by atoms with E-state index in [0.717, 1.165) is 5.01 Å². The Morgan fingerprint density at radius 2 is 1.69 bits per heavy atom. The molecule has 4 N–H and O–H groups in total. The number of carbonyl (C=O) groups excluding carboxylic acids is 1. The lowest BCUT2D eigenvalue weighted by Gasteiger charge is -2.35. The van der Waals surface area contributed by atoms with Crippen LogP contribution in [0.15, 0.2) is 34.6 Å².